The molecule has 1 rings (SSSR count). The number of primary sulfonamides is 1. The molecule has 1 aromatic rings. The molecule has 0 radical (unpaired) electrons. The Balaban J connectivity index is 2.96. The van der Waals surface area contributed by atoms with E-state index < -0.39 is 34.6 Å². The highest BCUT2D eigenvalue weighted by atomic mass is 32.2. The lowest BCUT2D eigenvalue weighted by Gasteiger charge is -2.16. The summed E-state index contributed by atoms with van der Waals surface area (Å²) in [4.78, 5) is 11.6. The Morgan fingerprint density at radius 2 is 1.90 bits per heavy atom. The molecule has 0 fully saturated rings. The first kappa shape index (κ1) is 17.4. The van der Waals surface area contributed by atoms with Gasteiger partial charge in [0.15, 0.2) is 0 Å². The summed E-state index contributed by atoms with van der Waals surface area (Å²) >= 11 is 0. The first-order valence-corrected chi connectivity index (χ1v) is 7.45. The minimum Gasteiger partial charge on any atom is -0.349 e. The molecular formula is C12H15F3N2O3S. The number of sulfonamides is 1. The maximum Gasteiger partial charge on any atom is 0.391 e. The van der Waals surface area contributed by atoms with Gasteiger partial charge in [-0.15, -0.1) is 0 Å². The molecule has 0 aromatic heterocycles. The summed E-state index contributed by atoms with van der Waals surface area (Å²) in [5.41, 5.74) is 0.392. The first-order valence-electron chi connectivity index (χ1n) is 5.90. The van der Waals surface area contributed by atoms with Crippen molar-refractivity contribution < 1.29 is 26.4 Å². The van der Waals surface area contributed by atoms with Crippen molar-refractivity contribution in [1.29, 1.82) is 0 Å². The minimum atomic E-state index is -4.40. The number of hydrogen-bond donors (Lipinski definition) is 2. The number of nitrogens with two attached hydrogens (primary N) is 1. The molecular weight excluding hydrogens is 309 g/mol. The predicted molar refractivity (Wildman–Crippen MR) is 70.2 cm³/mol. The third kappa shape index (κ3) is 5.72. The van der Waals surface area contributed by atoms with Gasteiger partial charge in [0.25, 0.3) is 5.91 Å². The molecule has 9 heteroatoms. The molecule has 1 amide bonds. The second kappa shape index (κ2) is 6.02. The van der Waals surface area contributed by atoms with Crippen LogP contribution in [0.3, 0.4) is 0 Å². The van der Waals surface area contributed by atoms with E-state index in [4.69, 9.17) is 5.14 Å². The Kier molecular flexibility index (Phi) is 5.00. The molecule has 0 spiro atoms. The number of rotatable bonds is 4. The third-order valence-electron chi connectivity index (χ3n) is 2.56. The van der Waals surface area contributed by atoms with Crippen LogP contribution in [0.15, 0.2) is 23.1 Å². The fourth-order valence-corrected chi connectivity index (χ4v) is 2.39. The lowest BCUT2D eigenvalue weighted by atomic mass is 10.1. The van der Waals surface area contributed by atoms with Gasteiger partial charge in [-0.2, -0.15) is 13.2 Å². The third-order valence-corrected chi connectivity index (χ3v) is 3.45. The van der Waals surface area contributed by atoms with E-state index in [1.54, 1.807) is 6.92 Å². The predicted octanol–water partition coefficient (Wildman–Crippen LogP) is 1.71. The van der Waals surface area contributed by atoms with E-state index in [9.17, 15) is 26.4 Å². The number of hydrogen-bond acceptors (Lipinski definition) is 3. The maximum atomic E-state index is 12.2. The molecule has 5 nitrogen and oxygen atoms in total. The molecule has 0 bridgehead atoms. The summed E-state index contributed by atoms with van der Waals surface area (Å²) in [7, 11) is -4.00. The summed E-state index contributed by atoms with van der Waals surface area (Å²) in [6.07, 6.45) is -5.57. The van der Waals surface area contributed by atoms with Crippen molar-refractivity contribution in [3.63, 3.8) is 0 Å². The zero-order valence-electron chi connectivity index (χ0n) is 11.4. The van der Waals surface area contributed by atoms with Gasteiger partial charge in [-0.1, -0.05) is 0 Å². The molecule has 0 aliphatic heterocycles. The molecule has 0 aliphatic carbocycles. The molecule has 21 heavy (non-hydrogen) atoms. The number of carbonyl (C=O) groups is 1. The quantitative estimate of drug-likeness (QED) is 0.883. The largest absolute Gasteiger partial charge is 0.391 e. The number of benzene rings is 1. The average Bonchev–Trinajstić information content (AvgIpc) is 2.23. The van der Waals surface area contributed by atoms with E-state index in [1.807, 2.05) is 0 Å². The van der Waals surface area contributed by atoms with Crippen molar-refractivity contribution in [1.82, 2.24) is 5.32 Å². The monoisotopic (exact) mass is 324 g/mol. The fraction of sp³-hybridized carbons (Fsp3) is 0.417. The van der Waals surface area contributed by atoms with Crippen LogP contribution in [0.4, 0.5) is 13.2 Å². The molecule has 0 saturated heterocycles. The van der Waals surface area contributed by atoms with E-state index in [-0.39, 0.29) is 10.5 Å². The van der Waals surface area contributed by atoms with Gasteiger partial charge in [0.1, 0.15) is 0 Å². The van der Waals surface area contributed by atoms with Gasteiger partial charge in [-0.25, -0.2) is 13.6 Å². The molecule has 118 valence electrons. The van der Waals surface area contributed by atoms with Crippen LogP contribution in [-0.4, -0.2) is 26.5 Å². The van der Waals surface area contributed by atoms with Crippen LogP contribution in [0.25, 0.3) is 0 Å². The van der Waals surface area contributed by atoms with Gasteiger partial charge < -0.3 is 5.32 Å². The van der Waals surface area contributed by atoms with Crippen LogP contribution >= 0.6 is 0 Å². The van der Waals surface area contributed by atoms with Crippen molar-refractivity contribution in [2.75, 3.05) is 0 Å². The normalized spacial score (nSPS) is 13.8. The topological polar surface area (TPSA) is 89.3 Å². The van der Waals surface area contributed by atoms with Gasteiger partial charge in [0, 0.05) is 11.6 Å². The van der Waals surface area contributed by atoms with Gasteiger partial charge in [0.05, 0.1) is 11.3 Å². The number of aryl methyl sites for hydroxylation is 1. The Morgan fingerprint density at radius 3 is 2.38 bits per heavy atom. The van der Waals surface area contributed by atoms with Crippen LogP contribution < -0.4 is 10.5 Å². The Morgan fingerprint density at radius 1 is 1.33 bits per heavy atom. The SMILES string of the molecule is Cc1cc(C(=O)NC(C)CC(F)(F)F)cc(S(N)(=O)=O)c1. The lowest BCUT2D eigenvalue weighted by Crippen LogP contribution is -2.36. The molecule has 1 aromatic carbocycles. The summed E-state index contributed by atoms with van der Waals surface area (Å²) < 4.78 is 59.1. The van der Waals surface area contributed by atoms with Crippen LogP contribution in [0.1, 0.15) is 29.3 Å². The number of nitrogens with one attached hydrogen (secondary N) is 1. The number of halogens is 3. The summed E-state index contributed by atoms with van der Waals surface area (Å²) in [6.45, 7) is 2.76. The molecule has 0 heterocycles. The van der Waals surface area contributed by atoms with Crippen molar-refractivity contribution >= 4 is 15.9 Å². The van der Waals surface area contributed by atoms with E-state index in [0.29, 0.717) is 5.56 Å². The highest BCUT2D eigenvalue weighted by molar-refractivity contribution is 7.89. The van der Waals surface area contributed by atoms with E-state index in [0.717, 1.165) is 6.07 Å². The number of amides is 1. The minimum absolute atomic E-state index is 0.0620. The standard InChI is InChI=1S/C12H15F3N2O3S/c1-7-3-9(5-10(4-7)21(16,19)20)11(18)17-8(2)6-12(13,14)15/h3-5,8H,6H2,1-2H3,(H,17,18)(H2,16,19,20). The highest BCUT2D eigenvalue weighted by Gasteiger charge is 2.30. The lowest BCUT2D eigenvalue weighted by molar-refractivity contribution is -0.138. The second-order valence-electron chi connectivity index (χ2n) is 4.77. The van der Waals surface area contributed by atoms with Crippen molar-refractivity contribution in [3.05, 3.63) is 29.3 Å². The summed E-state index contributed by atoms with van der Waals surface area (Å²) in [5.74, 6) is -0.791. The molecule has 0 saturated carbocycles. The van der Waals surface area contributed by atoms with Crippen LogP contribution in [0.2, 0.25) is 0 Å². The number of alkyl halides is 3. The van der Waals surface area contributed by atoms with Crippen molar-refractivity contribution in [3.8, 4) is 0 Å². The zero-order chi connectivity index (χ0) is 16.4. The Hall–Kier alpha value is -1.61. The van der Waals surface area contributed by atoms with E-state index in [2.05, 4.69) is 5.32 Å². The molecule has 1 unspecified atom stereocenters. The molecule has 1 atom stereocenters. The molecule has 3 N–H and O–H groups in total. The first-order chi connectivity index (χ1) is 9.38. The van der Waals surface area contributed by atoms with Gasteiger partial charge in [0.2, 0.25) is 10.0 Å². The Bertz CT molecular complexity index is 642. The van der Waals surface area contributed by atoms with Crippen molar-refractivity contribution in [2.24, 2.45) is 5.14 Å². The van der Waals surface area contributed by atoms with Gasteiger partial charge >= 0.3 is 6.18 Å². The van der Waals surface area contributed by atoms with Crippen LogP contribution in [-0.2, 0) is 10.0 Å². The smallest absolute Gasteiger partial charge is 0.349 e. The van der Waals surface area contributed by atoms with E-state index in [1.165, 1.54) is 19.1 Å². The van der Waals surface area contributed by atoms with Crippen LogP contribution in [0.5, 0.6) is 0 Å². The van der Waals surface area contributed by atoms with Gasteiger partial charge in [-0.05, 0) is 37.6 Å². The summed E-state index contributed by atoms with van der Waals surface area (Å²) in [6, 6.07) is 2.53. The summed E-state index contributed by atoms with van der Waals surface area (Å²) in [5, 5.41) is 7.13. The highest BCUT2D eigenvalue weighted by Crippen LogP contribution is 2.21. The zero-order valence-corrected chi connectivity index (χ0v) is 12.2. The van der Waals surface area contributed by atoms with E-state index >= 15 is 0 Å². The van der Waals surface area contributed by atoms with Crippen molar-refractivity contribution in [2.45, 2.75) is 37.4 Å². The Labute approximate surface area is 120 Å². The molecule has 0 aliphatic rings. The second-order valence-corrected chi connectivity index (χ2v) is 6.33. The number of carbonyl (C=O) groups excluding carboxylic acids is 1. The average molecular weight is 324 g/mol. The van der Waals surface area contributed by atoms with Gasteiger partial charge in [-0.3, -0.25) is 4.79 Å². The fourth-order valence-electron chi connectivity index (χ4n) is 1.75. The van der Waals surface area contributed by atoms with Crippen LogP contribution in [0, 0.1) is 6.92 Å². The maximum absolute atomic E-state index is 12.2.